The van der Waals surface area contributed by atoms with E-state index in [1.807, 2.05) is 43.9 Å². The summed E-state index contributed by atoms with van der Waals surface area (Å²) >= 11 is 0. The number of rotatable bonds is 4. The van der Waals surface area contributed by atoms with Crippen LogP contribution >= 0.6 is 0 Å². The minimum atomic E-state index is -0.487. The van der Waals surface area contributed by atoms with Gasteiger partial charge >= 0.3 is 6.09 Å². The van der Waals surface area contributed by atoms with E-state index in [0.29, 0.717) is 25.6 Å². The number of hydrogen-bond donors (Lipinski definition) is 0. The van der Waals surface area contributed by atoms with Crippen LogP contribution in [0.15, 0.2) is 24.3 Å². The lowest BCUT2D eigenvalue weighted by Crippen LogP contribution is -2.42. The zero-order valence-corrected chi connectivity index (χ0v) is 17.9. The van der Waals surface area contributed by atoms with Crippen molar-refractivity contribution in [3.05, 3.63) is 35.4 Å². The highest BCUT2D eigenvalue weighted by atomic mass is 16.6. The van der Waals surface area contributed by atoms with Crippen molar-refractivity contribution >= 4 is 18.1 Å². The maximum Gasteiger partial charge on any atom is 0.410 e. The number of benzene rings is 1. The van der Waals surface area contributed by atoms with Crippen LogP contribution in [0.4, 0.5) is 4.79 Å². The van der Waals surface area contributed by atoms with E-state index >= 15 is 0 Å². The van der Waals surface area contributed by atoms with E-state index in [-0.39, 0.29) is 12.0 Å². The number of fused-ring (bicyclic) bond motifs is 1. The average Bonchev–Trinajstić information content (AvgIpc) is 3.13. The van der Waals surface area contributed by atoms with Gasteiger partial charge in [-0.2, -0.15) is 0 Å². The molecule has 0 saturated carbocycles. The fraction of sp³-hybridized carbons (Fsp3) is 0.565. The molecule has 0 bridgehead atoms. The summed E-state index contributed by atoms with van der Waals surface area (Å²) in [4.78, 5) is 28.2. The molecule has 1 aromatic rings. The molecule has 3 rings (SSSR count). The van der Waals surface area contributed by atoms with E-state index in [4.69, 9.17) is 9.47 Å². The van der Waals surface area contributed by atoms with Gasteiger partial charge in [0, 0.05) is 39.2 Å². The molecule has 0 aromatic heterocycles. The molecule has 29 heavy (non-hydrogen) atoms. The predicted octanol–water partition coefficient (Wildman–Crippen LogP) is 3.74. The Bertz CT molecular complexity index is 774. The Morgan fingerprint density at radius 2 is 2.00 bits per heavy atom. The van der Waals surface area contributed by atoms with Crippen molar-refractivity contribution < 1.29 is 19.1 Å². The molecule has 2 aliphatic rings. The van der Waals surface area contributed by atoms with Gasteiger partial charge in [-0.25, -0.2) is 4.79 Å². The number of nitrogens with zero attached hydrogens (tertiary/aromatic N) is 2. The van der Waals surface area contributed by atoms with E-state index in [2.05, 4.69) is 6.07 Å². The second kappa shape index (κ2) is 8.89. The lowest BCUT2D eigenvalue weighted by molar-refractivity contribution is -0.127. The van der Waals surface area contributed by atoms with Gasteiger partial charge in [-0.15, -0.1) is 0 Å². The van der Waals surface area contributed by atoms with Gasteiger partial charge in [0.2, 0.25) is 5.91 Å². The third kappa shape index (κ3) is 5.99. The highest BCUT2D eigenvalue weighted by molar-refractivity contribution is 5.91. The summed E-state index contributed by atoms with van der Waals surface area (Å²) in [5.74, 6) is 1.38. The number of piperidine rings is 1. The Labute approximate surface area is 173 Å². The van der Waals surface area contributed by atoms with Crippen LogP contribution in [0.1, 0.15) is 44.7 Å². The molecule has 1 aromatic carbocycles. The standard InChI is InChI=1S/C23H32N2O4/c1-23(2,3)29-22(27)24(4)16-18-9-12-25(13-10-18)21(26)8-6-17-5-7-20-19(15-17)11-14-28-20/h5-8,15,18H,9-14,16H2,1-4H3. The van der Waals surface area contributed by atoms with Gasteiger partial charge in [-0.1, -0.05) is 6.07 Å². The fourth-order valence-electron chi connectivity index (χ4n) is 3.72. The zero-order valence-electron chi connectivity index (χ0n) is 17.9. The van der Waals surface area contributed by atoms with E-state index in [9.17, 15) is 9.59 Å². The maximum atomic E-state index is 12.5. The molecule has 2 heterocycles. The molecular formula is C23H32N2O4. The molecule has 0 radical (unpaired) electrons. The Morgan fingerprint density at radius 1 is 1.28 bits per heavy atom. The second-order valence-corrected chi connectivity index (χ2v) is 8.93. The van der Waals surface area contributed by atoms with Crippen molar-refractivity contribution in [3.63, 3.8) is 0 Å². The molecule has 0 atom stereocenters. The first-order chi connectivity index (χ1) is 13.7. The minimum absolute atomic E-state index is 0.0423. The third-order valence-electron chi connectivity index (χ3n) is 5.30. The van der Waals surface area contributed by atoms with Gasteiger partial charge in [-0.05, 0) is 68.9 Å². The smallest absolute Gasteiger partial charge is 0.410 e. The van der Waals surface area contributed by atoms with Crippen molar-refractivity contribution in [1.29, 1.82) is 0 Å². The van der Waals surface area contributed by atoms with Crippen LogP contribution in [0.2, 0.25) is 0 Å². The zero-order chi connectivity index (χ0) is 21.0. The summed E-state index contributed by atoms with van der Waals surface area (Å²) in [6.45, 7) is 8.43. The monoisotopic (exact) mass is 400 g/mol. The number of amides is 2. The van der Waals surface area contributed by atoms with Crippen molar-refractivity contribution in [2.75, 3.05) is 33.3 Å². The molecular weight excluding hydrogens is 368 g/mol. The van der Waals surface area contributed by atoms with Crippen molar-refractivity contribution in [2.45, 2.75) is 45.6 Å². The highest BCUT2D eigenvalue weighted by Gasteiger charge is 2.26. The van der Waals surface area contributed by atoms with Gasteiger partial charge in [0.1, 0.15) is 11.4 Å². The van der Waals surface area contributed by atoms with Crippen molar-refractivity contribution in [3.8, 4) is 5.75 Å². The summed E-state index contributed by atoms with van der Waals surface area (Å²) in [6.07, 6.45) is 5.95. The minimum Gasteiger partial charge on any atom is -0.493 e. The van der Waals surface area contributed by atoms with Gasteiger partial charge < -0.3 is 19.3 Å². The Hall–Kier alpha value is -2.50. The topological polar surface area (TPSA) is 59.1 Å². The van der Waals surface area contributed by atoms with Gasteiger partial charge in [0.05, 0.1) is 6.61 Å². The van der Waals surface area contributed by atoms with Crippen LogP contribution in [0, 0.1) is 5.92 Å². The first-order valence-corrected chi connectivity index (χ1v) is 10.4. The maximum absolute atomic E-state index is 12.5. The van der Waals surface area contributed by atoms with Gasteiger partial charge in [-0.3, -0.25) is 4.79 Å². The molecule has 6 heteroatoms. The van der Waals surface area contributed by atoms with Crippen LogP contribution in [0.3, 0.4) is 0 Å². The molecule has 2 aliphatic heterocycles. The van der Waals surface area contributed by atoms with Gasteiger partial charge in [0.25, 0.3) is 0 Å². The van der Waals surface area contributed by atoms with Crippen LogP contribution in [-0.4, -0.2) is 60.7 Å². The molecule has 2 amide bonds. The predicted molar refractivity (Wildman–Crippen MR) is 113 cm³/mol. The third-order valence-corrected chi connectivity index (χ3v) is 5.30. The lowest BCUT2D eigenvalue weighted by atomic mass is 9.96. The number of ether oxygens (including phenoxy) is 2. The van der Waals surface area contributed by atoms with Crippen molar-refractivity contribution in [1.82, 2.24) is 9.80 Å². The summed E-state index contributed by atoms with van der Waals surface area (Å²) in [7, 11) is 1.77. The summed E-state index contributed by atoms with van der Waals surface area (Å²) < 4.78 is 10.9. The molecule has 0 aliphatic carbocycles. The average molecular weight is 401 g/mol. The fourth-order valence-corrected chi connectivity index (χ4v) is 3.72. The van der Waals surface area contributed by atoms with Crippen LogP contribution in [-0.2, 0) is 16.0 Å². The van der Waals surface area contributed by atoms with E-state index < -0.39 is 5.60 Å². The van der Waals surface area contributed by atoms with Crippen molar-refractivity contribution in [2.24, 2.45) is 5.92 Å². The van der Waals surface area contributed by atoms with Crippen LogP contribution < -0.4 is 4.74 Å². The number of carbonyl (C=O) groups is 2. The van der Waals surface area contributed by atoms with Crippen LogP contribution in [0.25, 0.3) is 6.08 Å². The number of hydrogen-bond acceptors (Lipinski definition) is 4. The largest absolute Gasteiger partial charge is 0.493 e. The van der Waals surface area contributed by atoms with E-state index in [1.165, 1.54) is 5.56 Å². The Balaban J connectivity index is 1.45. The quantitative estimate of drug-likeness (QED) is 0.723. The van der Waals surface area contributed by atoms with E-state index in [1.54, 1.807) is 18.0 Å². The molecule has 1 fully saturated rings. The summed E-state index contributed by atoms with van der Waals surface area (Å²) in [5.41, 5.74) is 1.74. The Morgan fingerprint density at radius 3 is 2.69 bits per heavy atom. The summed E-state index contributed by atoms with van der Waals surface area (Å²) in [5, 5.41) is 0. The number of carbonyl (C=O) groups excluding carboxylic acids is 2. The first-order valence-electron chi connectivity index (χ1n) is 10.4. The summed E-state index contributed by atoms with van der Waals surface area (Å²) in [6, 6.07) is 6.04. The first kappa shape index (κ1) is 21.2. The lowest BCUT2D eigenvalue weighted by Gasteiger charge is -2.34. The highest BCUT2D eigenvalue weighted by Crippen LogP contribution is 2.26. The van der Waals surface area contributed by atoms with E-state index in [0.717, 1.165) is 37.2 Å². The molecule has 1 saturated heterocycles. The molecule has 0 unspecified atom stereocenters. The second-order valence-electron chi connectivity index (χ2n) is 8.93. The number of likely N-dealkylation sites (tertiary alicyclic amines) is 1. The molecule has 6 nitrogen and oxygen atoms in total. The molecule has 0 N–H and O–H groups in total. The SMILES string of the molecule is CN(CC1CCN(C(=O)C=Cc2ccc3c(c2)CCO3)CC1)C(=O)OC(C)(C)C. The van der Waals surface area contributed by atoms with Gasteiger partial charge in [0.15, 0.2) is 0 Å². The molecule has 0 spiro atoms. The Kier molecular flexibility index (Phi) is 6.50. The molecule has 158 valence electrons. The van der Waals surface area contributed by atoms with Crippen LogP contribution in [0.5, 0.6) is 5.75 Å². The normalized spacial score (nSPS) is 17.2.